The highest BCUT2D eigenvalue weighted by Gasteiger charge is 2.27. The van der Waals surface area contributed by atoms with Gasteiger partial charge in [-0.3, -0.25) is 0 Å². The van der Waals surface area contributed by atoms with E-state index in [4.69, 9.17) is 16.3 Å². The molecule has 1 aliphatic rings. The predicted molar refractivity (Wildman–Crippen MR) is 66.5 cm³/mol. The number of carbonyl (C=O) groups excluding carboxylic acids is 1. The summed E-state index contributed by atoms with van der Waals surface area (Å²) < 4.78 is 5.65. The second kappa shape index (κ2) is 4.76. The van der Waals surface area contributed by atoms with E-state index < -0.39 is 0 Å². The van der Waals surface area contributed by atoms with Crippen molar-refractivity contribution in [2.75, 3.05) is 6.61 Å². The van der Waals surface area contributed by atoms with E-state index in [9.17, 15) is 4.79 Å². The summed E-state index contributed by atoms with van der Waals surface area (Å²) >= 11 is 7.67. The molecule has 4 heteroatoms. The van der Waals surface area contributed by atoms with E-state index in [1.54, 1.807) is 0 Å². The van der Waals surface area contributed by atoms with Gasteiger partial charge in [0.25, 0.3) is 0 Å². The number of thiophene rings is 1. The number of hydrogen-bond donors (Lipinski definition) is 0. The Bertz CT molecular complexity index is 411. The van der Waals surface area contributed by atoms with Crippen molar-refractivity contribution in [2.45, 2.75) is 33.1 Å². The first kappa shape index (κ1) is 11.9. The molecule has 0 saturated carbocycles. The quantitative estimate of drug-likeness (QED) is 0.756. The number of ether oxygens (including phenoxy) is 1. The van der Waals surface area contributed by atoms with Crippen molar-refractivity contribution in [3.63, 3.8) is 0 Å². The summed E-state index contributed by atoms with van der Waals surface area (Å²) in [6, 6.07) is 0. The number of esters is 1. The average Bonchev–Trinajstić information content (AvgIpc) is 2.53. The van der Waals surface area contributed by atoms with E-state index in [0.29, 0.717) is 22.4 Å². The number of rotatable bonds is 2. The molecule has 0 aromatic carbocycles. The maximum atomic E-state index is 11.8. The molecule has 0 saturated heterocycles. The highest BCUT2D eigenvalue weighted by molar-refractivity contribution is 7.16. The van der Waals surface area contributed by atoms with Gasteiger partial charge < -0.3 is 4.74 Å². The van der Waals surface area contributed by atoms with Crippen LogP contribution in [0.5, 0.6) is 0 Å². The molecule has 0 aliphatic heterocycles. The summed E-state index contributed by atoms with van der Waals surface area (Å²) in [5.41, 5.74) is 1.75. The van der Waals surface area contributed by atoms with Gasteiger partial charge in [-0.15, -0.1) is 11.3 Å². The van der Waals surface area contributed by atoms with Crippen molar-refractivity contribution in [2.24, 2.45) is 5.92 Å². The Morgan fingerprint density at radius 1 is 1.62 bits per heavy atom. The first-order valence-electron chi connectivity index (χ1n) is 5.60. The predicted octanol–water partition coefficient (Wildman–Crippen LogP) is 3.70. The SMILES string of the molecule is CCOC(=O)c1c(Cl)sc2c1CC(C)CC2. The monoisotopic (exact) mass is 258 g/mol. The molecular formula is C12H15ClO2S. The van der Waals surface area contributed by atoms with Gasteiger partial charge >= 0.3 is 5.97 Å². The number of carbonyl (C=O) groups is 1. The van der Waals surface area contributed by atoms with Gasteiger partial charge in [-0.25, -0.2) is 4.79 Å². The average molecular weight is 259 g/mol. The summed E-state index contributed by atoms with van der Waals surface area (Å²) in [5, 5.41) is 0. The zero-order valence-electron chi connectivity index (χ0n) is 9.51. The van der Waals surface area contributed by atoms with Crippen molar-refractivity contribution in [1.82, 2.24) is 0 Å². The lowest BCUT2D eigenvalue weighted by atomic mass is 9.88. The Kier molecular flexibility index (Phi) is 3.55. The largest absolute Gasteiger partial charge is 0.462 e. The van der Waals surface area contributed by atoms with Crippen molar-refractivity contribution in [3.05, 3.63) is 20.3 Å². The fourth-order valence-electron chi connectivity index (χ4n) is 2.13. The highest BCUT2D eigenvalue weighted by Crippen LogP contribution is 2.39. The molecule has 0 bridgehead atoms. The molecule has 1 heterocycles. The lowest BCUT2D eigenvalue weighted by Gasteiger charge is -2.18. The third-order valence-electron chi connectivity index (χ3n) is 2.94. The lowest BCUT2D eigenvalue weighted by molar-refractivity contribution is 0.0525. The van der Waals surface area contributed by atoms with E-state index in [0.717, 1.165) is 18.4 Å². The molecule has 2 nitrogen and oxygen atoms in total. The van der Waals surface area contributed by atoms with Crippen LogP contribution in [0, 0.1) is 5.92 Å². The Hall–Kier alpha value is -0.540. The fraction of sp³-hybridized carbons (Fsp3) is 0.583. The molecule has 1 unspecified atom stereocenters. The topological polar surface area (TPSA) is 26.3 Å². The van der Waals surface area contributed by atoms with Gasteiger partial charge in [-0.1, -0.05) is 18.5 Å². The van der Waals surface area contributed by atoms with Crippen molar-refractivity contribution in [1.29, 1.82) is 0 Å². The standard InChI is InChI=1S/C12H15ClO2S/c1-3-15-12(14)10-8-6-7(2)4-5-9(8)16-11(10)13/h7H,3-6H2,1-2H3. The minimum absolute atomic E-state index is 0.265. The third kappa shape index (κ3) is 2.11. The van der Waals surface area contributed by atoms with E-state index in [1.807, 2.05) is 6.92 Å². The van der Waals surface area contributed by atoms with Crippen LogP contribution in [0.4, 0.5) is 0 Å². The molecule has 1 aromatic rings. The molecule has 0 N–H and O–H groups in total. The summed E-state index contributed by atoms with van der Waals surface area (Å²) in [5.74, 6) is 0.366. The number of halogens is 1. The first-order chi connectivity index (χ1) is 7.63. The zero-order chi connectivity index (χ0) is 11.7. The van der Waals surface area contributed by atoms with Gasteiger partial charge in [0.2, 0.25) is 0 Å². The molecule has 0 amide bonds. The smallest absolute Gasteiger partial charge is 0.340 e. The zero-order valence-corrected chi connectivity index (χ0v) is 11.1. The van der Waals surface area contributed by atoms with Crippen LogP contribution >= 0.6 is 22.9 Å². The minimum Gasteiger partial charge on any atom is -0.462 e. The molecule has 0 fully saturated rings. The molecule has 1 aromatic heterocycles. The molecule has 2 rings (SSSR count). The molecule has 0 radical (unpaired) electrons. The molecule has 1 atom stereocenters. The molecular weight excluding hydrogens is 244 g/mol. The van der Waals surface area contributed by atoms with E-state index in [-0.39, 0.29) is 5.97 Å². The molecule has 16 heavy (non-hydrogen) atoms. The van der Waals surface area contributed by atoms with Crippen molar-refractivity contribution < 1.29 is 9.53 Å². The summed E-state index contributed by atoms with van der Waals surface area (Å²) in [7, 11) is 0. The summed E-state index contributed by atoms with van der Waals surface area (Å²) in [6.07, 6.45) is 3.18. The second-order valence-electron chi connectivity index (χ2n) is 4.22. The van der Waals surface area contributed by atoms with Gasteiger partial charge in [-0.05, 0) is 37.7 Å². The summed E-state index contributed by atoms with van der Waals surface area (Å²) in [4.78, 5) is 13.1. The lowest BCUT2D eigenvalue weighted by Crippen LogP contribution is -2.14. The Balaban J connectivity index is 2.37. The second-order valence-corrected chi connectivity index (χ2v) is 5.93. The number of fused-ring (bicyclic) bond motifs is 1. The van der Waals surface area contributed by atoms with E-state index in [2.05, 4.69) is 6.92 Å². The van der Waals surface area contributed by atoms with Crippen LogP contribution in [-0.2, 0) is 17.6 Å². The molecule has 1 aliphatic carbocycles. The van der Waals surface area contributed by atoms with Crippen LogP contribution in [0.2, 0.25) is 4.34 Å². The van der Waals surface area contributed by atoms with Gasteiger partial charge in [0.15, 0.2) is 0 Å². The van der Waals surface area contributed by atoms with Gasteiger partial charge in [0.1, 0.15) is 4.34 Å². The highest BCUT2D eigenvalue weighted by atomic mass is 35.5. The van der Waals surface area contributed by atoms with E-state index >= 15 is 0 Å². The van der Waals surface area contributed by atoms with Gasteiger partial charge in [0.05, 0.1) is 12.2 Å². The Morgan fingerprint density at radius 2 is 2.38 bits per heavy atom. The normalized spacial score (nSPS) is 19.3. The summed E-state index contributed by atoms with van der Waals surface area (Å²) in [6.45, 7) is 4.42. The Labute approximate surface area is 105 Å². The van der Waals surface area contributed by atoms with Crippen LogP contribution in [-0.4, -0.2) is 12.6 Å². The van der Waals surface area contributed by atoms with Crippen LogP contribution in [0.1, 0.15) is 41.1 Å². The number of aryl methyl sites for hydroxylation is 1. The van der Waals surface area contributed by atoms with Crippen LogP contribution in [0.25, 0.3) is 0 Å². The maximum absolute atomic E-state index is 11.8. The van der Waals surface area contributed by atoms with Crippen molar-refractivity contribution in [3.8, 4) is 0 Å². The van der Waals surface area contributed by atoms with Crippen LogP contribution in [0.3, 0.4) is 0 Å². The first-order valence-corrected chi connectivity index (χ1v) is 6.80. The van der Waals surface area contributed by atoms with E-state index in [1.165, 1.54) is 22.6 Å². The van der Waals surface area contributed by atoms with Gasteiger partial charge in [-0.2, -0.15) is 0 Å². The van der Waals surface area contributed by atoms with Crippen LogP contribution < -0.4 is 0 Å². The minimum atomic E-state index is -0.265. The van der Waals surface area contributed by atoms with Crippen LogP contribution in [0.15, 0.2) is 0 Å². The van der Waals surface area contributed by atoms with Gasteiger partial charge in [0, 0.05) is 4.88 Å². The molecule has 0 spiro atoms. The Morgan fingerprint density at radius 3 is 3.06 bits per heavy atom. The molecule has 88 valence electrons. The fourth-order valence-corrected chi connectivity index (χ4v) is 3.66. The number of hydrogen-bond acceptors (Lipinski definition) is 3. The maximum Gasteiger partial charge on any atom is 0.340 e. The van der Waals surface area contributed by atoms with Crippen molar-refractivity contribution >= 4 is 28.9 Å². The third-order valence-corrected chi connectivity index (χ3v) is 4.44.